The summed E-state index contributed by atoms with van der Waals surface area (Å²) in [6, 6.07) is 7.48. The van der Waals surface area contributed by atoms with Crippen molar-refractivity contribution in [1.29, 1.82) is 0 Å². The molecule has 3 aromatic rings. The number of thiophene rings is 1. The monoisotopic (exact) mass is 388 g/mol. The highest BCUT2D eigenvalue weighted by Gasteiger charge is 2.24. The van der Waals surface area contributed by atoms with E-state index in [1.165, 1.54) is 10.4 Å². The maximum atomic E-state index is 13.4. The van der Waals surface area contributed by atoms with Crippen molar-refractivity contribution >= 4 is 33.2 Å². The molecule has 4 rings (SSSR count). The highest BCUT2D eigenvalue weighted by Crippen LogP contribution is 2.36. The minimum absolute atomic E-state index is 0.0454. The maximum absolute atomic E-state index is 13.4. The summed E-state index contributed by atoms with van der Waals surface area (Å²) >= 11 is 7.70. The highest BCUT2D eigenvalue weighted by molar-refractivity contribution is 7.18. The van der Waals surface area contributed by atoms with Gasteiger partial charge in [0.1, 0.15) is 10.7 Å². The normalized spacial score (nSPS) is 16.8. The molecule has 2 aromatic heterocycles. The molecule has 0 N–H and O–H groups in total. The lowest BCUT2D eigenvalue weighted by molar-refractivity contribution is 0.186. The third kappa shape index (κ3) is 3.08. The quantitative estimate of drug-likeness (QED) is 0.658. The summed E-state index contributed by atoms with van der Waals surface area (Å²) in [5, 5.41) is 1.48. The van der Waals surface area contributed by atoms with Crippen LogP contribution in [-0.4, -0.2) is 23.3 Å². The van der Waals surface area contributed by atoms with Crippen molar-refractivity contribution in [1.82, 2.24) is 9.55 Å². The summed E-state index contributed by atoms with van der Waals surface area (Å²) in [6.45, 7) is 3.23. The molecule has 2 heterocycles. The lowest BCUT2D eigenvalue weighted by Gasteiger charge is -2.18. The number of rotatable bonds is 4. The van der Waals surface area contributed by atoms with Crippen LogP contribution in [0.2, 0.25) is 5.02 Å². The van der Waals surface area contributed by atoms with Crippen molar-refractivity contribution in [2.75, 3.05) is 13.7 Å². The zero-order valence-corrected chi connectivity index (χ0v) is 16.5. The molecular weight excluding hydrogens is 368 g/mol. The molecule has 0 saturated carbocycles. The Balaban J connectivity index is 1.95. The minimum atomic E-state index is 0.0454. The van der Waals surface area contributed by atoms with Gasteiger partial charge in [0.05, 0.1) is 18.5 Å². The molecule has 0 bridgehead atoms. The average molecular weight is 389 g/mol. The molecule has 0 spiro atoms. The van der Waals surface area contributed by atoms with Crippen molar-refractivity contribution in [3.8, 4) is 11.4 Å². The number of methoxy groups -OCH3 is 1. The Morgan fingerprint density at radius 1 is 1.35 bits per heavy atom. The van der Waals surface area contributed by atoms with Crippen LogP contribution in [0.3, 0.4) is 0 Å². The Bertz CT molecular complexity index is 1010. The van der Waals surface area contributed by atoms with Gasteiger partial charge in [-0.2, -0.15) is 0 Å². The molecular formula is C20H21ClN2O2S. The van der Waals surface area contributed by atoms with Crippen molar-refractivity contribution < 1.29 is 4.74 Å². The van der Waals surface area contributed by atoms with E-state index in [-0.39, 0.29) is 5.56 Å². The highest BCUT2D eigenvalue weighted by atomic mass is 35.5. The van der Waals surface area contributed by atoms with E-state index in [1.54, 1.807) is 23.0 Å². The smallest absolute Gasteiger partial charge is 0.262 e. The second kappa shape index (κ2) is 7.14. The Morgan fingerprint density at radius 3 is 2.85 bits per heavy atom. The van der Waals surface area contributed by atoms with E-state index < -0.39 is 0 Å². The third-order valence-electron chi connectivity index (χ3n) is 5.04. The number of aryl methyl sites for hydroxylation is 1. The predicted molar refractivity (Wildman–Crippen MR) is 107 cm³/mol. The van der Waals surface area contributed by atoms with Gasteiger partial charge in [-0.3, -0.25) is 9.36 Å². The van der Waals surface area contributed by atoms with Crippen molar-refractivity contribution in [3.05, 3.63) is 50.1 Å². The van der Waals surface area contributed by atoms with Gasteiger partial charge in [-0.1, -0.05) is 18.5 Å². The number of fused-ring (bicyclic) bond motifs is 3. The van der Waals surface area contributed by atoms with Gasteiger partial charge in [0.2, 0.25) is 0 Å². The lowest BCUT2D eigenvalue weighted by Crippen LogP contribution is -2.26. The predicted octanol–water partition coefficient (Wildman–Crippen LogP) is 4.55. The van der Waals surface area contributed by atoms with Crippen LogP contribution in [-0.2, 0) is 24.1 Å². The molecule has 4 nitrogen and oxygen atoms in total. The number of benzene rings is 1. The van der Waals surface area contributed by atoms with Gasteiger partial charge in [0.15, 0.2) is 0 Å². The van der Waals surface area contributed by atoms with E-state index >= 15 is 0 Å². The van der Waals surface area contributed by atoms with Crippen LogP contribution in [0.4, 0.5) is 0 Å². The molecule has 0 radical (unpaired) electrons. The Kier molecular flexibility index (Phi) is 4.86. The molecule has 26 heavy (non-hydrogen) atoms. The first kappa shape index (κ1) is 17.7. The standard InChI is InChI=1S/C20H21ClN2O2S/c1-12-3-8-15-16(11-12)26-19-17(15)20(24)23(9-10-25-2)18(22-19)13-4-6-14(21)7-5-13/h4-7,12H,3,8-11H2,1-2H3. The van der Waals surface area contributed by atoms with Crippen LogP contribution in [0.5, 0.6) is 0 Å². The molecule has 1 atom stereocenters. The molecule has 0 amide bonds. The summed E-state index contributed by atoms with van der Waals surface area (Å²) in [5.41, 5.74) is 2.16. The van der Waals surface area contributed by atoms with Gasteiger partial charge >= 0.3 is 0 Å². The number of ether oxygens (including phenoxy) is 1. The lowest BCUT2D eigenvalue weighted by atomic mass is 9.89. The molecule has 1 aliphatic carbocycles. The van der Waals surface area contributed by atoms with Crippen molar-refractivity contribution in [2.24, 2.45) is 5.92 Å². The van der Waals surface area contributed by atoms with Crippen molar-refractivity contribution in [2.45, 2.75) is 32.7 Å². The molecule has 1 aromatic carbocycles. The van der Waals surface area contributed by atoms with E-state index in [2.05, 4.69) is 6.92 Å². The van der Waals surface area contributed by atoms with Gasteiger partial charge < -0.3 is 4.74 Å². The number of halogens is 1. The molecule has 136 valence electrons. The summed E-state index contributed by atoms with van der Waals surface area (Å²) in [4.78, 5) is 20.4. The fraction of sp³-hybridized carbons (Fsp3) is 0.400. The zero-order valence-electron chi connectivity index (χ0n) is 14.9. The number of nitrogens with zero attached hydrogens (tertiary/aromatic N) is 2. The second-order valence-electron chi connectivity index (χ2n) is 6.92. The molecule has 0 aliphatic heterocycles. The van der Waals surface area contributed by atoms with Gasteiger partial charge in [0, 0.05) is 22.6 Å². The fourth-order valence-corrected chi connectivity index (χ4v) is 5.13. The van der Waals surface area contributed by atoms with Crippen LogP contribution < -0.4 is 5.56 Å². The van der Waals surface area contributed by atoms with Crippen LogP contribution >= 0.6 is 22.9 Å². The molecule has 6 heteroatoms. The van der Waals surface area contributed by atoms with E-state index in [0.717, 1.165) is 35.0 Å². The summed E-state index contributed by atoms with van der Waals surface area (Å²) in [7, 11) is 1.65. The first-order valence-corrected chi connectivity index (χ1v) is 10.1. The Labute approximate surface area is 161 Å². The molecule has 0 fully saturated rings. The van der Waals surface area contributed by atoms with Gasteiger partial charge in [-0.05, 0) is 55.0 Å². The van der Waals surface area contributed by atoms with Crippen LogP contribution in [0.25, 0.3) is 21.6 Å². The summed E-state index contributed by atoms with van der Waals surface area (Å²) in [6.07, 6.45) is 3.15. The van der Waals surface area contributed by atoms with Crippen LogP contribution in [0.15, 0.2) is 29.1 Å². The zero-order chi connectivity index (χ0) is 18.3. The molecule has 1 aliphatic rings. The Morgan fingerprint density at radius 2 is 2.12 bits per heavy atom. The summed E-state index contributed by atoms with van der Waals surface area (Å²) in [5.74, 6) is 1.35. The molecule has 0 saturated heterocycles. The third-order valence-corrected chi connectivity index (χ3v) is 6.44. The largest absolute Gasteiger partial charge is 0.383 e. The number of aromatic nitrogens is 2. The summed E-state index contributed by atoms with van der Waals surface area (Å²) < 4.78 is 6.98. The fourth-order valence-electron chi connectivity index (χ4n) is 3.63. The average Bonchev–Trinajstić information content (AvgIpc) is 2.99. The van der Waals surface area contributed by atoms with Gasteiger partial charge in [0.25, 0.3) is 5.56 Å². The van der Waals surface area contributed by atoms with Crippen LogP contribution in [0.1, 0.15) is 23.8 Å². The van der Waals surface area contributed by atoms with Gasteiger partial charge in [-0.15, -0.1) is 11.3 Å². The van der Waals surface area contributed by atoms with Gasteiger partial charge in [-0.25, -0.2) is 4.98 Å². The molecule has 1 unspecified atom stereocenters. The van der Waals surface area contributed by atoms with E-state index in [9.17, 15) is 4.79 Å². The maximum Gasteiger partial charge on any atom is 0.262 e. The van der Waals surface area contributed by atoms with E-state index in [0.29, 0.717) is 29.9 Å². The second-order valence-corrected chi connectivity index (χ2v) is 8.44. The minimum Gasteiger partial charge on any atom is -0.383 e. The van der Waals surface area contributed by atoms with Crippen LogP contribution in [0, 0.1) is 5.92 Å². The van der Waals surface area contributed by atoms with E-state index in [4.69, 9.17) is 21.3 Å². The van der Waals surface area contributed by atoms with E-state index in [1.807, 2.05) is 24.3 Å². The number of hydrogen-bond acceptors (Lipinski definition) is 4. The SMILES string of the molecule is COCCn1c(-c2ccc(Cl)cc2)nc2sc3c(c2c1=O)CCC(C)C3. The number of hydrogen-bond donors (Lipinski definition) is 0. The first-order valence-electron chi connectivity index (χ1n) is 8.88. The Hall–Kier alpha value is -1.69. The topological polar surface area (TPSA) is 44.1 Å². The van der Waals surface area contributed by atoms with Crippen molar-refractivity contribution in [3.63, 3.8) is 0 Å². The first-order chi connectivity index (χ1) is 12.6.